The fraction of sp³-hybridized carbons (Fsp3) is 0.353. The first-order valence-electron chi connectivity index (χ1n) is 7.87. The van der Waals surface area contributed by atoms with Crippen LogP contribution in [0.25, 0.3) is 0 Å². The molecule has 1 amide bonds. The van der Waals surface area contributed by atoms with Crippen LogP contribution in [0.4, 0.5) is 5.82 Å². The van der Waals surface area contributed by atoms with Crippen LogP contribution in [-0.2, 0) is 0 Å². The summed E-state index contributed by atoms with van der Waals surface area (Å²) in [7, 11) is 0. The molecule has 0 radical (unpaired) electrons. The molecule has 1 aliphatic heterocycles. The van der Waals surface area contributed by atoms with Crippen molar-refractivity contribution in [3.8, 4) is 5.75 Å². The molecule has 3 heterocycles. The van der Waals surface area contributed by atoms with Crippen molar-refractivity contribution in [2.75, 3.05) is 24.6 Å². The Balaban J connectivity index is 1.52. The number of ether oxygens (including phenoxy) is 1. The second-order valence-corrected chi connectivity index (χ2v) is 6.65. The van der Waals surface area contributed by atoms with Gasteiger partial charge in [0.2, 0.25) is 0 Å². The zero-order valence-corrected chi connectivity index (χ0v) is 14.8. The molecule has 0 atom stereocenters. The van der Waals surface area contributed by atoms with E-state index < -0.39 is 5.91 Å². The molecule has 3 rings (SSSR count). The number of piperidine rings is 1. The molecule has 2 aromatic heterocycles. The zero-order chi connectivity index (χ0) is 16.9. The molecule has 2 aromatic rings. The molecule has 7 heteroatoms. The number of nitrogens with two attached hydrogens (primary N) is 1. The van der Waals surface area contributed by atoms with E-state index in [0.29, 0.717) is 18.3 Å². The van der Waals surface area contributed by atoms with Gasteiger partial charge in [-0.15, -0.1) is 0 Å². The topological polar surface area (TPSA) is 81.3 Å². The van der Waals surface area contributed by atoms with Crippen molar-refractivity contribution < 1.29 is 9.53 Å². The lowest BCUT2D eigenvalue weighted by molar-refractivity contribution is 0.0995. The second kappa shape index (κ2) is 7.61. The van der Waals surface area contributed by atoms with E-state index in [1.807, 2.05) is 18.3 Å². The molecular weight excluding hydrogens is 372 g/mol. The maximum Gasteiger partial charge on any atom is 0.267 e. The molecule has 0 saturated carbocycles. The Labute approximate surface area is 149 Å². The normalized spacial score (nSPS) is 15.3. The summed E-state index contributed by atoms with van der Waals surface area (Å²) >= 11 is 3.55. The molecule has 126 valence electrons. The Kier molecular flexibility index (Phi) is 5.30. The minimum atomic E-state index is -0.547. The van der Waals surface area contributed by atoms with E-state index in [9.17, 15) is 4.79 Å². The quantitative estimate of drug-likeness (QED) is 0.848. The summed E-state index contributed by atoms with van der Waals surface area (Å²) in [5.41, 5.74) is 5.46. The molecule has 0 aliphatic carbocycles. The molecule has 2 N–H and O–H groups in total. The monoisotopic (exact) mass is 390 g/mol. The van der Waals surface area contributed by atoms with Crippen LogP contribution in [-0.4, -0.2) is 35.6 Å². The van der Waals surface area contributed by atoms with Gasteiger partial charge < -0.3 is 15.4 Å². The number of pyridine rings is 2. The number of primary amides is 1. The van der Waals surface area contributed by atoms with Crippen LogP contribution >= 0.6 is 15.9 Å². The van der Waals surface area contributed by atoms with Gasteiger partial charge in [-0.05, 0) is 52.9 Å². The molecule has 24 heavy (non-hydrogen) atoms. The average Bonchev–Trinajstić information content (AvgIpc) is 2.61. The lowest BCUT2D eigenvalue weighted by atomic mass is 9.98. The number of anilines is 1. The van der Waals surface area contributed by atoms with Crippen LogP contribution in [0.2, 0.25) is 0 Å². The van der Waals surface area contributed by atoms with Crippen LogP contribution in [0, 0.1) is 5.92 Å². The van der Waals surface area contributed by atoms with Crippen molar-refractivity contribution in [3.05, 3.63) is 46.8 Å². The molecule has 1 fully saturated rings. The largest absolute Gasteiger partial charge is 0.493 e. The standard InChI is InChI=1S/C17H19BrN4O2/c18-14-2-1-6-21-17(14)22-8-4-12(5-9-22)11-24-13-3-7-20-15(10-13)16(19)23/h1-3,6-7,10,12H,4-5,8-9,11H2,(H2,19,23). The van der Waals surface area contributed by atoms with Gasteiger partial charge in [0, 0.05) is 31.5 Å². The minimum Gasteiger partial charge on any atom is -0.493 e. The summed E-state index contributed by atoms with van der Waals surface area (Å²) in [6.45, 7) is 2.53. The van der Waals surface area contributed by atoms with Gasteiger partial charge in [-0.2, -0.15) is 0 Å². The summed E-state index contributed by atoms with van der Waals surface area (Å²) in [6.07, 6.45) is 5.43. The van der Waals surface area contributed by atoms with E-state index in [2.05, 4.69) is 30.8 Å². The van der Waals surface area contributed by atoms with Crippen molar-refractivity contribution in [1.29, 1.82) is 0 Å². The van der Waals surface area contributed by atoms with Crippen molar-refractivity contribution in [3.63, 3.8) is 0 Å². The van der Waals surface area contributed by atoms with Gasteiger partial charge in [-0.25, -0.2) is 4.98 Å². The smallest absolute Gasteiger partial charge is 0.267 e. The van der Waals surface area contributed by atoms with Crippen molar-refractivity contribution in [2.45, 2.75) is 12.8 Å². The van der Waals surface area contributed by atoms with E-state index in [1.165, 1.54) is 6.20 Å². The fourth-order valence-electron chi connectivity index (χ4n) is 2.77. The van der Waals surface area contributed by atoms with Crippen LogP contribution in [0.3, 0.4) is 0 Å². The molecule has 1 saturated heterocycles. The van der Waals surface area contributed by atoms with Crippen LogP contribution < -0.4 is 15.4 Å². The Hall–Kier alpha value is -2.15. The fourth-order valence-corrected chi connectivity index (χ4v) is 3.28. The highest BCUT2D eigenvalue weighted by Crippen LogP contribution is 2.28. The Bertz CT molecular complexity index is 717. The predicted molar refractivity (Wildman–Crippen MR) is 95.1 cm³/mol. The van der Waals surface area contributed by atoms with Crippen molar-refractivity contribution >= 4 is 27.7 Å². The number of aromatic nitrogens is 2. The number of carbonyl (C=O) groups is 1. The van der Waals surface area contributed by atoms with Crippen molar-refractivity contribution in [1.82, 2.24) is 9.97 Å². The summed E-state index contributed by atoms with van der Waals surface area (Å²) in [4.78, 5) is 21.8. The van der Waals surface area contributed by atoms with Crippen LogP contribution in [0.15, 0.2) is 41.1 Å². The maximum absolute atomic E-state index is 11.1. The molecule has 6 nitrogen and oxygen atoms in total. The Morgan fingerprint density at radius 2 is 2.08 bits per heavy atom. The first kappa shape index (κ1) is 16.7. The third-order valence-electron chi connectivity index (χ3n) is 4.12. The maximum atomic E-state index is 11.1. The molecule has 0 spiro atoms. The van der Waals surface area contributed by atoms with Gasteiger partial charge in [0.1, 0.15) is 17.3 Å². The van der Waals surface area contributed by atoms with Crippen LogP contribution in [0.5, 0.6) is 5.75 Å². The lowest BCUT2D eigenvalue weighted by Gasteiger charge is -2.33. The van der Waals surface area contributed by atoms with E-state index in [1.54, 1.807) is 12.1 Å². The van der Waals surface area contributed by atoms with Crippen LogP contribution in [0.1, 0.15) is 23.3 Å². The summed E-state index contributed by atoms with van der Waals surface area (Å²) in [5.74, 6) is 1.56. The summed E-state index contributed by atoms with van der Waals surface area (Å²) < 4.78 is 6.83. The third-order valence-corrected chi connectivity index (χ3v) is 4.74. The lowest BCUT2D eigenvalue weighted by Crippen LogP contribution is -2.36. The molecule has 0 aromatic carbocycles. The number of hydrogen-bond acceptors (Lipinski definition) is 5. The summed E-state index contributed by atoms with van der Waals surface area (Å²) in [5, 5.41) is 0. The van der Waals surface area contributed by atoms with Gasteiger partial charge in [0.15, 0.2) is 0 Å². The highest BCUT2D eigenvalue weighted by Gasteiger charge is 2.22. The van der Waals surface area contributed by atoms with Gasteiger partial charge in [-0.3, -0.25) is 9.78 Å². The SMILES string of the molecule is NC(=O)c1cc(OCC2CCN(c3ncccc3Br)CC2)ccn1. The molecule has 1 aliphatic rings. The number of carbonyl (C=O) groups excluding carboxylic acids is 1. The van der Waals surface area contributed by atoms with E-state index in [-0.39, 0.29) is 5.69 Å². The molecule has 0 unspecified atom stereocenters. The number of rotatable bonds is 5. The molecule has 0 bridgehead atoms. The number of amides is 1. The van der Waals surface area contributed by atoms with E-state index >= 15 is 0 Å². The van der Waals surface area contributed by atoms with Gasteiger partial charge >= 0.3 is 0 Å². The van der Waals surface area contributed by atoms with E-state index in [4.69, 9.17) is 10.5 Å². The first-order valence-corrected chi connectivity index (χ1v) is 8.67. The highest BCUT2D eigenvalue weighted by atomic mass is 79.9. The van der Waals surface area contributed by atoms with Crippen molar-refractivity contribution in [2.24, 2.45) is 11.7 Å². The van der Waals surface area contributed by atoms with Gasteiger partial charge in [0.05, 0.1) is 11.1 Å². The zero-order valence-electron chi connectivity index (χ0n) is 13.2. The van der Waals surface area contributed by atoms with E-state index in [0.717, 1.165) is 36.2 Å². The Morgan fingerprint density at radius 3 is 2.79 bits per heavy atom. The Morgan fingerprint density at radius 1 is 1.29 bits per heavy atom. The average molecular weight is 391 g/mol. The number of nitrogens with zero attached hydrogens (tertiary/aromatic N) is 3. The number of halogens is 1. The van der Waals surface area contributed by atoms with Gasteiger partial charge in [0.25, 0.3) is 5.91 Å². The first-order chi connectivity index (χ1) is 11.6. The predicted octanol–water partition coefficient (Wildman–Crippen LogP) is 2.63. The second-order valence-electron chi connectivity index (χ2n) is 5.79. The minimum absolute atomic E-state index is 0.224. The third kappa shape index (κ3) is 4.03. The highest BCUT2D eigenvalue weighted by molar-refractivity contribution is 9.10. The van der Waals surface area contributed by atoms with Gasteiger partial charge in [-0.1, -0.05) is 0 Å². The molecular formula is C17H19BrN4O2. The summed E-state index contributed by atoms with van der Waals surface area (Å²) in [6, 6.07) is 7.26. The number of hydrogen-bond donors (Lipinski definition) is 1.